The fraction of sp³-hybridized carbons (Fsp3) is 0.312. The summed E-state index contributed by atoms with van der Waals surface area (Å²) in [5.74, 6) is 0.0615. The number of carbonyl (C=O) groups is 2. The van der Waals surface area contributed by atoms with E-state index in [0.717, 1.165) is 18.5 Å². The number of nitrogens with zero attached hydrogens (tertiary/aromatic N) is 4. The lowest BCUT2D eigenvalue weighted by molar-refractivity contribution is -0.114. The van der Waals surface area contributed by atoms with E-state index in [4.69, 9.17) is 0 Å². The van der Waals surface area contributed by atoms with Crippen LogP contribution >= 0.6 is 0 Å². The van der Waals surface area contributed by atoms with Gasteiger partial charge in [0.25, 0.3) is 5.91 Å². The van der Waals surface area contributed by atoms with Gasteiger partial charge in [0.2, 0.25) is 5.91 Å². The van der Waals surface area contributed by atoms with Crippen molar-refractivity contribution < 1.29 is 9.59 Å². The molecule has 3 heterocycles. The van der Waals surface area contributed by atoms with Crippen molar-refractivity contribution in [2.75, 3.05) is 11.9 Å². The highest BCUT2D eigenvalue weighted by Crippen LogP contribution is 2.31. The van der Waals surface area contributed by atoms with Gasteiger partial charge < -0.3 is 10.2 Å². The number of carbonyl (C=O) groups excluding carboxylic acids is 2. The van der Waals surface area contributed by atoms with Gasteiger partial charge in [-0.15, -0.1) is 0 Å². The second-order valence-corrected chi connectivity index (χ2v) is 5.40. The number of hydrogen-bond acceptors (Lipinski definition) is 5. The molecule has 1 aliphatic rings. The first kappa shape index (κ1) is 15.1. The molecule has 2 aromatic heterocycles. The Morgan fingerprint density at radius 3 is 2.87 bits per heavy atom. The second kappa shape index (κ2) is 6.51. The van der Waals surface area contributed by atoms with E-state index in [1.165, 1.54) is 13.1 Å². The Balaban J connectivity index is 1.83. The first-order chi connectivity index (χ1) is 11.1. The third-order valence-electron chi connectivity index (χ3n) is 3.75. The lowest BCUT2D eigenvalue weighted by Gasteiger charge is -2.24. The lowest BCUT2D eigenvalue weighted by atomic mass is 10.1. The zero-order valence-corrected chi connectivity index (χ0v) is 12.8. The van der Waals surface area contributed by atoms with Crippen LogP contribution in [0.3, 0.4) is 0 Å². The summed E-state index contributed by atoms with van der Waals surface area (Å²) >= 11 is 0. The van der Waals surface area contributed by atoms with Gasteiger partial charge in [0.15, 0.2) is 0 Å². The average Bonchev–Trinajstić information content (AvgIpc) is 3.04. The Morgan fingerprint density at radius 1 is 1.26 bits per heavy atom. The maximum Gasteiger partial charge on any atom is 0.254 e. The molecule has 7 nitrogen and oxygen atoms in total. The van der Waals surface area contributed by atoms with Crippen LogP contribution < -0.4 is 5.32 Å². The summed E-state index contributed by atoms with van der Waals surface area (Å²) in [5.41, 5.74) is 1.30. The van der Waals surface area contributed by atoms with Crippen molar-refractivity contribution in [3.05, 3.63) is 48.2 Å². The Labute approximate surface area is 133 Å². The van der Waals surface area contributed by atoms with Crippen molar-refractivity contribution >= 4 is 17.6 Å². The van der Waals surface area contributed by atoms with Crippen LogP contribution in [-0.4, -0.2) is 38.2 Å². The monoisotopic (exact) mass is 311 g/mol. The highest BCUT2D eigenvalue weighted by atomic mass is 16.2. The van der Waals surface area contributed by atoms with E-state index >= 15 is 0 Å². The number of anilines is 1. The second-order valence-electron chi connectivity index (χ2n) is 5.40. The van der Waals surface area contributed by atoms with Gasteiger partial charge in [0.05, 0.1) is 17.9 Å². The Kier molecular flexibility index (Phi) is 4.27. The number of rotatable bonds is 3. The smallest absolute Gasteiger partial charge is 0.254 e. The number of amides is 2. The van der Waals surface area contributed by atoms with E-state index in [-0.39, 0.29) is 17.9 Å². The molecule has 118 valence electrons. The quantitative estimate of drug-likeness (QED) is 0.934. The molecular formula is C16H17N5O2. The fourth-order valence-corrected chi connectivity index (χ4v) is 2.78. The summed E-state index contributed by atoms with van der Waals surface area (Å²) in [5, 5.41) is 2.59. The number of hydrogen-bond donors (Lipinski definition) is 1. The van der Waals surface area contributed by atoms with Crippen molar-refractivity contribution in [3.8, 4) is 0 Å². The van der Waals surface area contributed by atoms with Crippen LogP contribution in [-0.2, 0) is 4.79 Å². The van der Waals surface area contributed by atoms with Gasteiger partial charge >= 0.3 is 0 Å². The fourth-order valence-electron chi connectivity index (χ4n) is 2.78. The van der Waals surface area contributed by atoms with Crippen LogP contribution in [0.2, 0.25) is 0 Å². The van der Waals surface area contributed by atoms with E-state index < -0.39 is 0 Å². The molecule has 0 aliphatic carbocycles. The maximum atomic E-state index is 12.8. The minimum atomic E-state index is -0.222. The predicted octanol–water partition coefficient (Wildman–Crippen LogP) is 1.81. The first-order valence-corrected chi connectivity index (χ1v) is 7.45. The maximum absolute atomic E-state index is 12.8. The van der Waals surface area contributed by atoms with E-state index in [1.54, 1.807) is 35.6 Å². The number of nitrogens with one attached hydrogen (secondary N) is 1. The normalized spacial score (nSPS) is 17.1. The molecule has 1 saturated heterocycles. The van der Waals surface area contributed by atoms with E-state index in [2.05, 4.69) is 20.3 Å². The molecule has 23 heavy (non-hydrogen) atoms. The summed E-state index contributed by atoms with van der Waals surface area (Å²) < 4.78 is 0. The Bertz CT molecular complexity index is 719. The SMILES string of the molecule is CC(=O)Nc1cc(C(=O)N2CCC[C@H]2c2cnccn2)ccn1. The first-order valence-electron chi connectivity index (χ1n) is 7.45. The molecule has 1 aliphatic heterocycles. The van der Waals surface area contributed by atoms with Crippen LogP contribution in [0.5, 0.6) is 0 Å². The molecular weight excluding hydrogens is 294 g/mol. The number of aromatic nitrogens is 3. The standard InChI is InChI=1S/C16H17N5O2/c1-11(22)20-15-9-12(4-5-19-15)16(23)21-8-2-3-14(21)13-10-17-6-7-18-13/h4-7,9-10,14H,2-3,8H2,1H3,(H,19,20,22)/t14-/m0/s1. The number of pyridine rings is 1. The van der Waals surface area contributed by atoms with Crippen molar-refractivity contribution in [1.82, 2.24) is 19.9 Å². The van der Waals surface area contributed by atoms with Crippen LogP contribution in [0.15, 0.2) is 36.9 Å². The molecule has 0 saturated carbocycles. The molecule has 1 atom stereocenters. The van der Waals surface area contributed by atoms with Gasteiger partial charge in [-0.3, -0.25) is 19.6 Å². The van der Waals surface area contributed by atoms with Crippen LogP contribution in [0.1, 0.15) is 41.9 Å². The van der Waals surface area contributed by atoms with Crippen LogP contribution in [0.25, 0.3) is 0 Å². The summed E-state index contributed by atoms with van der Waals surface area (Å²) in [6, 6.07) is 3.18. The largest absolute Gasteiger partial charge is 0.330 e. The Hall–Kier alpha value is -2.83. The molecule has 2 aromatic rings. The number of likely N-dealkylation sites (tertiary alicyclic amines) is 1. The van der Waals surface area contributed by atoms with Crippen molar-refractivity contribution in [3.63, 3.8) is 0 Å². The average molecular weight is 311 g/mol. The minimum absolute atomic E-state index is 0.0615. The third-order valence-corrected chi connectivity index (χ3v) is 3.75. The van der Waals surface area contributed by atoms with Gasteiger partial charge in [0, 0.05) is 37.6 Å². The summed E-state index contributed by atoms with van der Waals surface area (Å²) in [4.78, 5) is 38.2. The van der Waals surface area contributed by atoms with E-state index in [1.807, 2.05) is 0 Å². The molecule has 2 amide bonds. The van der Waals surface area contributed by atoms with E-state index in [0.29, 0.717) is 17.9 Å². The summed E-state index contributed by atoms with van der Waals surface area (Å²) in [7, 11) is 0. The van der Waals surface area contributed by atoms with Crippen LogP contribution in [0.4, 0.5) is 5.82 Å². The van der Waals surface area contributed by atoms with E-state index in [9.17, 15) is 9.59 Å². The third kappa shape index (κ3) is 3.33. The molecule has 0 bridgehead atoms. The molecule has 0 radical (unpaired) electrons. The summed E-state index contributed by atoms with van der Waals surface area (Å²) in [6.45, 7) is 2.08. The zero-order chi connectivity index (χ0) is 16.2. The molecule has 0 unspecified atom stereocenters. The molecule has 3 rings (SSSR count). The van der Waals surface area contributed by atoms with Crippen LogP contribution in [0, 0.1) is 0 Å². The van der Waals surface area contributed by atoms with Crippen molar-refractivity contribution in [2.24, 2.45) is 0 Å². The van der Waals surface area contributed by atoms with Gasteiger partial charge in [-0.1, -0.05) is 0 Å². The predicted molar refractivity (Wildman–Crippen MR) is 83.6 cm³/mol. The topological polar surface area (TPSA) is 88.1 Å². The summed E-state index contributed by atoms with van der Waals surface area (Å²) in [6.07, 6.45) is 8.27. The highest BCUT2D eigenvalue weighted by molar-refractivity contribution is 5.96. The molecule has 1 fully saturated rings. The Morgan fingerprint density at radius 2 is 2.13 bits per heavy atom. The lowest BCUT2D eigenvalue weighted by Crippen LogP contribution is -2.31. The zero-order valence-electron chi connectivity index (χ0n) is 12.8. The van der Waals surface area contributed by atoms with Crippen molar-refractivity contribution in [1.29, 1.82) is 0 Å². The highest BCUT2D eigenvalue weighted by Gasteiger charge is 2.31. The van der Waals surface area contributed by atoms with Gasteiger partial charge in [0.1, 0.15) is 5.82 Å². The van der Waals surface area contributed by atoms with Gasteiger partial charge in [-0.2, -0.15) is 0 Å². The molecule has 7 heteroatoms. The van der Waals surface area contributed by atoms with Crippen molar-refractivity contribution in [2.45, 2.75) is 25.8 Å². The van der Waals surface area contributed by atoms with Gasteiger partial charge in [-0.25, -0.2) is 4.98 Å². The minimum Gasteiger partial charge on any atom is -0.330 e. The molecule has 0 aromatic carbocycles. The molecule has 0 spiro atoms. The van der Waals surface area contributed by atoms with Gasteiger partial charge in [-0.05, 0) is 25.0 Å². The molecule has 1 N–H and O–H groups in total.